The zero-order valence-corrected chi connectivity index (χ0v) is 26.9. The minimum absolute atomic E-state index is 0. The van der Waals surface area contributed by atoms with Crippen molar-refractivity contribution in [1.29, 1.82) is 0 Å². The molecular formula is C30H38Cl2F2N8O4. The minimum Gasteiger partial charge on any atom is -0.494 e. The molecule has 46 heavy (non-hydrogen) atoms. The SMILES string of the molecule is CCc1cc(Nc2nccn3c(-c4ccc(OC)c(F)c4F)cnc23)ccc1C(=O)NC[C@@H](O)CNC(=O)[C@H](N)CCCN.Cl.Cl. The Kier molecular flexibility index (Phi) is 14.6. The van der Waals surface area contributed by atoms with Crippen LogP contribution in [0.5, 0.6) is 5.75 Å². The maximum absolute atomic E-state index is 14.8. The first-order valence-corrected chi connectivity index (χ1v) is 14.1. The van der Waals surface area contributed by atoms with Gasteiger partial charge in [0.1, 0.15) is 0 Å². The summed E-state index contributed by atoms with van der Waals surface area (Å²) < 4.78 is 35.6. The highest BCUT2D eigenvalue weighted by molar-refractivity contribution is 5.96. The van der Waals surface area contributed by atoms with Crippen LogP contribution in [0.4, 0.5) is 20.3 Å². The van der Waals surface area contributed by atoms with E-state index in [-0.39, 0.29) is 55.1 Å². The normalized spacial score (nSPS) is 12.0. The van der Waals surface area contributed by atoms with E-state index in [9.17, 15) is 23.5 Å². The molecule has 2 heterocycles. The van der Waals surface area contributed by atoms with Gasteiger partial charge in [-0.1, -0.05) is 6.92 Å². The Morgan fingerprint density at radius 2 is 1.83 bits per heavy atom. The van der Waals surface area contributed by atoms with Gasteiger partial charge in [-0.15, -0.1) is 24.8 Å². The molecule has 16 heteroatoms. The van der Waals surface area contributed by atoms with Crippen molar-refractivity contribution >= 4 is 53.8 Å². The Morgan fingerprint density at radius 3 is 2.52 bits per heavy atom. The van der Waals surface area contributed by atoms with Crippen LogP contribution in [0.15, 0.2) is 48.9 Å². The van der Waals surface area contributed by atoms with Gasteiger partial charge in [0.15, 0.2) is 23.0 Å². The average molecular weight is 684 g/mol. The number of nitrogens with one attached hydrogen (secondary N) is 3. The number of amides is 2. The number of halogens is 4. The third-order valence-electron chi connectivity index (χ3n) is 7.03. The lowest BCUT2D eigenvalue weighted by molar-refractivity contribution is -0.122. The van der Waals surface area contributed by atoms with E-state index >= 15 is 0 Å². The summed E-state index contributed by atoms with van der Waals surface area (Å²) in [5.41, 5.74) is 13.7. The van der Waals surface area contributed by atoms with Gasteiger partial charge in [0.05, 0.1) is 31.1 Å². The smallest absolute Gasteiger partial charge is 0.251 e. The highest BCUT2D eigenvalue weighted by atomic mass is 35.5. The fraction of sp³-hybridized carbons (Fsp3) is 0.333. The monoisotopic (exact) mass is 682 g/mol. The van der Waals surface area contributed by atoms with Gasteiger partial charge in [0.2, 0.25) is 11.7 Å². The predicted octanol–water partition coefficient (Wildman–Crippen LogP) is 3.11. The molecule has 2 aromatic carbocycles. The first kappa shape index (κ1) is 38.1. The Morgan fingerprint density at radius 1 is 1.09 bits per heavy atom. The molecule has 2 aromatic heterocycles. The van der Waals surface area contributed by atoms with E-state index in [0.717, 1.165) is 5.56 Å². The second-order valence-electron chi connectivity index (χ2n) is 10.1. The van der Waals surface area contributed by atoms with Crippen molar-refractivity contribution in [2.75, 3.05) is 32.1 Å². The van der Waals surface area contributed by atoms with Crippen molar-refractivity contribution in [1.82, 2.24) is 25.0 Å². The number of hydrogen-bond acceptors (Lipinski definition) is 9. The minimum atomic E-state index is -1.09. The quantitative estimate of drug-likeness (QED) is 0.116. The van der Waals surface area contributed by atoms with E-state index in [2.05, 4.69) is 25.9 Å². The Hall–Kier alpha value is -4.08. The molecule has 0 saturated heterocycles. The molecule has 12 nitrogen and oxygen atoms in total. The van der Waals surface area contributed by atoms with E-state index in [1.54, 1.807) is 28.8 Å². The summed E-state index contributed by atoms with van der Waals surface area (Å²) in [7, 11) is 1.26. The summed E-state index contributed by atoms with van der Waals surface area (Å²) in [6.07, 6.45) is 5.10. The third kappa shape index (κ3) is 8.79. The number of aliphatic hydroxyl groups excluding tert-OH is 1. The molecule has 2 amide bonds. The number of methoxy groups -OCH3 is 1. The summed E-state index contributed by atoms with van der Waals surface area (Å²) >= 11 is 0. The van der Waals surface area contributed by atoms with E-state index < -0.39 is 29.7 Å². The van der Waals surface area contributed by atoms with Crippen LogP contribution >= 0.6 is 24.8 Å². The number of fused-ring (bicyclic) bond motifs is 1. The summed E-state index contributed by atoms with van der Waals surface area (Å²) in [5.74, 6) is -2.76. The second kappa shape index (κ2) is 17.6. The maximum Gasteiger partial charge on any atom is 0.251 e. The summed E-state index contributed by atoms with van der Waals surface area (Å²) in [6, 6.07) is 7.19. The van der Waals surface area contributed by atoms with Gasteiger partial charge < -0.3 is 37.3 Å². The molecule has 0 fully saturated rings. The van der Waals surface area contributed by atoms with Crippen LogP contribution in [0.1, 0.15) is 35.7 Å². The van der Waals surface area contributed by atoms with Crippen molar-refractivity contribution in [3.8, 4) is 17.0 Å². The van der Waals surface area contributed by atoms with Crippen molar-refractivity contribution in [2.45, 2.75) is 38.3 Å². The molecule has 0 spiro atoms. The zero-order chi connectivity index (χ0) is 31.8. The van der Waals surface area contributed by atoms with Crippen molar-refractivity contribution in [3.05, 3.63) is 71.7 Å². The number of aryl methyl sites for hydroxylation is 1. The number of nitrogens with zero attached hydrogens (tertiary/aromatic N) is 3. The lowest BCUT2D eigenvalue weighted by Gasteiger charge is -2.16. The van der Waals surface area contributed by atoms with Crippen LogP contribution in [0.2, 0.25) is 0 Å². The van der Waals surface area contributed by atoms with Crippen molar-refractivity contribution < 1.29 is 28.2 Å². The van der Waals surface area contributed by atoms with Crippen LogP contribution < -0.4 is 32.2 Å². The third-order valence-corrected chi connectivity index (χ3v) is 7.03. The highest BCUT2D eigenvalue weighted by Crippen LogP contribution is 2.31. The van der Waals surface area contributed by atoms with Crippen LogP contribution in [0.3, 0.4) is 0 Å². The molecular weight excluding hydrogens is 645 g/mol. The first-order chi connectivity index (χ1) is 21.2. The fourth-order valence-corrected chi connectivity index (χ4v) is 4.61. The number of benzene rings is 2. The molecule has 0 saturated carbocycles. The van der Waals surface area contributed by atoms with E-state index in [1.807, 2.05) is 6.92 Å². The van der Waals surface area contributed by atoms with Gasteiger partial charge in [0, 0.05) is 42.3 Å². The van der Waals surface area contributed by atoms with Gasteiger partial charge in [-0.05, 0) is 61.7 Å². The van der Waals surface area contributed by atoms with Crippen LogP contribution in [0, 0.1) is 11.6 Å². The first-order valence-electron chi connectivity index (χ1n) is 14.1. The van der Waals surface area contributed by atoms with Crippen molar-refractivity contribution in [2.24, 2.45) is 11.5 Å². The van der Waals surface area contributed by atoms with E-state index in [4.69, 9.17) is 16.2 Å². The van der Waals surface area contributed by atoms with Gasteiger partial charge >= 0.3 is 0 Å². The number of carbonyl (C=O) groups excluding carboxylic acids is 2. The number of anilines is 2. The van der Waals surface area contributed by atoms with Gasteiger partial charge in [-0.3, -0.25) is 14.0 Å². The average Bonchev–Trinajstić information content (AvgIpc) is 3.47. The molecule has 0 aliphatic carbocycles. The van der Waals surface area contributed by atoms with Gasteiger partial charge in [0.25, 0.3) is 5.91 Å². The number of imidazole rings is 1. The predicted molar refractivity (Wildman–Crippen MR) is 176 cm³/mol. The summed E-state index contributed by atoms with van der Waals surface area (Å²) in [6.45, 7) is 2.19. The number of hydrogen-bond donors (Lipinski definition) is 6. The van der Waals surface area contributed by atoms with Crippen LogP contribution in [-0.2, 0) is 11.2 Å². The molecule has 4 aromatic rings. The molecule has 4 rings (SSSR count). The molecule has 250 valence electrons. The second-order valence-corrected chi connectivity index (χ2v) is 10.1. The standard InChI is InChI=1S/C30H36F2N8O4.2ClH/c1-3-17-13-18(6-7-20(17)29(42)37-14-19(41)15-38-30(43)22(34)5-4-10-33)39-27-28-36-16-23(40(28)12-11-35-27)21-8-9-24(44-2)26(32)25(21)31;;/h6-9,11-13,16,19,22,41H,3-5,10,14-15,33-34H2,1-2H3,(H,35,39)(H,37,42)(H,38,43);2*1H/t19-,22-;;/m1../s1. The zero-order valence-electron chi connectivity index (χ0n) is 25.3. The Balaban J connectivity index is 0.00000368. The Labute approximate surface area is 277 Å². The molecule has 2 atom stereocenters. The van der Waals surface area contributed by atoms with Gasteiger partial charge in [-0.2, -0.15) is 4.39 Å². The number of aliphatic hydroxyl groups is 1. The molecule has 8 N–H and O–H groups in total. The van der Waals surface area contributed by atoms with E-state index in [1.165, 1.54) is 31.6 Å². The maximum atomic E-state index is 14.8. The van der Waals surface area contributed by atoms with Gasteiger partial charge in [-0.25, -0.2) is 14.4 Å². The number of aromatic nitrogens is 3. The molecule has 0 aliphatic heterocycles. The largest absolute Gasteiger partial charge is 0.494 e. The number of carbonyl (C=O) groups is 2. The lowest BCUT2D eigenvalue weighted by Crippen LogP contribution is -2.46. The van der Waals surface area contributed by atoms with E-state index in [0.29, 0.717) is 54.2 Å². The summed E-state index contributed by atoms with van der Waals surface area (Å²) in [4.78, 5) is 33.7. The number of rotatable bonds is 14. The van der Waals surface area contributed by atoms with Crippen molar-refractivity contribution in [3.63, 3.8) is 0 Å². The fourth-order valence-electron chi connectivity index (χ4n) is 4.61. The molecule has 0 aliphatic rings. The molecule has 0 unspecified atom stereocenters. The lowest BCUT2D eigenvalue weighted by atomic mass is 10.0. The van der Waals surface area contributed by atoms with Crippen LogP contribution in [-0.4, -0.2) is 70.2 Å². The topological polar surface area (TPSA) is 182 Å². The number of ether oxygens (including phenoxy) is 1. The molecule has 0 bridgehead atoms. The molecule has 0 radical (unpaired) electrons. The number of nitrogens with two attached hydrogens (primary N) is 2. The summed E-state index contributed by atoms with van der Waals surface area (Å²) in [5, 5.41) is 18.7. The van der Waals surface area contributed by atoms with Crippen LogP contribution in [0.25, 0.3) is 16.9 Å². The Bertz CT molecular complexity index is 1640. The highest BCUT2D eigenvalue weighted by Gasteiger charge is 2.20.